The van der Waals surface area contributed by atoms with Gasteiger partial charge in [0, 0.05) is 130 Å². The standard InChI is InChI=1S/C22H25N9O2S2.3C21H23N9O3S2/c1-4-15(2)30-12-17(10-24-30)26-21-27-18-5-8-34-20(18)19(28-21)16-9-25-31(11-16)22(6-7-23)13-29(14-22)35(3,32)33;1-14(11-31)29-10-16(8-23-29)25-20-26-17-3-6-34-19(17)18(27-20)15-7-24-30(9-15)21(4-5-22)12-28(13-21)35(2,32)33;2*1-14(31)9-28-11-16(8-23-28)25-20-26-17-3-6-34-19(17)18(27-20)15-7-24-30(10-15)21(4-5-22)12-29(13-21)35(2,32)33/h5,8-12,15H,4,6,13-14H2,1-3H3,(H,26,27,28);3,6-10,14,31H,4,11-13H2,1-2H3,(H,25,26,27);2*3,6-8,10-11,14,31H,4,9,12-13H2,1-2H3,(H,25,26,27)/t15-;3*14-/m0110/s1. The number of aromatic nitrogens is 24. The molecule has 47 nitrogen and oxygen atoms in total. The van der Waals surface area contributed by atoms with Gasteiger partial charge < -0.3 is 36.6 Å². The van der Waals surface area contributed by atoms with Gasteiger partial charge in [0.2, 0.25) is 63.9 Å². The van der Waals surface area contributed by atoms with Crippen molar-refractivity contribution >= 4 is 173 Å². The first-order valence-corrected chi connectivity index (χ1v) is 54.4. The van der Waals surface area contributed by atoms with Crippen LogP contribution in [-0.2, 0) is 75.3 Å². The fourth-order valence-electron chi connectivity index (χ4n) is 16.3. The Morgan fingerprint density at radius 3 is 0.850 bits per heavy atom. The average Bonchev–Trinajstić information content (AvgIpc) is 1.48. The van der Waals surface area contributed by atoms with Crippen LogP contribution in [0.3, 0.4) is 0 Å². The molecule has 16 aromatic heterocycles. The van der Waals surface area contributed by atoms with Crippen molar-refractivity contribution in [2.45, 2.75) is 126 Å². The molecule has 0 spiro atoms. The lowest BCUT2D eigenvalue weighted by atomic mass is 9.89. The molecule has 0 amide bonds. The second kappa shape index (κ2) is 39.3. The van der Waals surface area contributed by atoms with Crippen molar-refractivity contribution in [1.29, 1.82) is 21.0 Å². The van der Waals surface area contributed by atoms with E-state index in [1.807, 2.05) is 88.4 Å². The minimum atomic E-state index is -3.34. The third kappa shape index (κ3) is 20.8. The molecule has 0 saturated carbocycles. The normalized spacial score (nSPS) is 16.6. The van der Waals surface area contributed by atoms with Gasteiger partial charge in [0.1, 0.15) is 22.2 Å². The van der Waals surface area contributed by atoms with Gasteiger partial charge in [-0.2, -0.15) is 79.1 Å². The third-order valence-electron chi connectivity index (χ3n) is 24.0. The van der Waals surface area contributed by atoms with Gasteiger partial charge in [0.15, 0.2) is 0 Å². The third-order valence-corrected chi connectivity index (χ3v) is 32.4. The predicted molar refractivity (Wildman–Crippen MR) is 525 cm³/mol. The number of hydrogen-bond acceptors (Lipinski definition) is 39. The Balaban J connectivity index is 0.000000129. The molecule has 0 bridgehead atoms. The maximum atomic E-state index is 11.9. The Kier molecular flexibility index (Phi) is 27.6. The summed E-state index contributed by atoms with van der Waals surface area (Å²) >= 11 is 6.07. The Morgan fingerprint density at radius 1 is 0.364 bits per heavy atom. The molecule has 0 unspecified atom stereocenters. The number of rotatable bonds is 32. The van der Waals surface area contributed by atoms with Gasteiger partial charge in [0.25, 0.3) is 0 Å². The molecular weight excluding hydrogens is 1960 g/mol. The number of aliphatic hydroxyl groups excluding tert-OH is 3. The van der Waals surface area contributed by atoms with E-state index in [1.165, 1.54) is 68.8 Å². The summed E-state index contributed by atoms with van der Waals surface area (Å²) in [6.45, 7) is 11.8. The summed E-state index contributed by atoms with van der Waals surface area (Å²) < 4.78 is 118. The molecular formula is C85H94N36O11S8. The van der Waals surface area contributed by atoms with E-state index in [4.69, 9.17) is 19.9 Å². The number of nitrogens with one attached hydrogen (secondary N) is 4. The highest BCUT2D eigenvalue weighted by molar-refractivity contribution is 7.89. The van der Waals surface area contributed by atoms with E-state index < -0.39 is 74.5 Å². The van der Waals surface area contributed by atoms with Crippen molar-refractivity contribution in [3.8, 4) is 69.3 Å². The molecule has 4 fully saturated rings. The lowest BCUT2D eigenvalue weighted by Crippen LogP contribution is -2.63. The number of nitriles is 4. The van der Waals surface area contributed by atoms with Gasteiger partial charge in [-0.3, -0.25) is 37.5 Å². The molecule has 728 valence electrons. The van der Waals surface area contributed by atoms with E-state index in [9.17, 15) is 70.0 Å². The van der Waals surface area contributed by atoms with Crippen molar-refractivity contribution in [3.63, 3.8) is 0 Å². The molecule has 7 N–H and O–H groups in total. The molecule has 55 heteroatoms. The molecule has 20 rings (SSSR count). The van der Waals surface area contributed by atoms with Gasteiger partial charge in [0.05, 0.1) is 249 Å². The van der Waals surface area contributed by atoms with Crippen molar-refractivity contribution < 1.29 is 49.0 Å². The number of anilines is 8. The molecule has 4 aliphatic rings. The van der Waals surface area contributed by atoms with Crippen LogP contribution in [0.25, 0.3) is 85.9 Å². The maximum Gasteiger partial charge on any atom is 0.228 e. The highest BCUT2D eigenvalue weighted by Gasteiger charge is 2.53. The first kappa shape index (κ1) is 98.1. The average molecular weight is 2050 g/mol. The number of nitrogens with zero attached hydrogens (tertiary/aromatic N) is 32. The fraction of sp³-hybridized carbons (Fsp3) is 0.388. The monoisotopic (exact) mass is 2050 g/mol. The van der Waals surface area contributed by atoms with E-state index in [0.717, 1.165) is 99.7 Å². The Hall–Kier alpha value is -13.5. The molecule has 140 heavy (non-hydrogen) atoms. The summed E-state index contributed by atoms with van der Waals surface area (Å²) in [6, 6.07) is 16.5. The van der Waals surface area contributed by atoms with Crippen LogP contribution in [0.4, 0.5) is 46.5 Å². The quantitative estimate of drug-likeness (QED) is 0.0207. The fourth-order valence-corrected chi connectivity index (χ4v) is 23.4. The summed E-state index contributed by atoms with van der Waals surface area (Å²) in [7, 11) is -13.3. The molecule has 0 radical (unpaired) electrons. The molecule has 4 atom stereocenters. The molecule has 0 aliphatic carbocycles. The zero-order valence-electron chi connectivity index (χ0n) is 76.7. The van der Waals surface area contributed by atoms with Crippen molar-refractivity contribution in [3.05, 3.63) is 145 Å². The smallest absolute Gasteiger partial charge is 0.228 e. The van der Waals surface area contributed by atoms with Crippen LogP contribution in [0, 0.1) is 45.3 Å². The zero-order chi connectivity index (χ0) is 99.2. The van der Waals surface area contributed by atoms with Crippen LogP contribution in [-0.4, -0.2) is 281 Å². The summed E-state index contributed by atoms with van der Waals surface area (Å²) in [4.78, 5) is 37.4. The molecule has 20 heterocycles. The van der Waals surface area contributed by atoms with Crippen LogP contribution in [0.15, 0.2) is 145 Å². The van der Waals surface area contributed by atoms with Gasteiger partial charge in [-0.25, -0.2) is 73.5 Å². The number of sulfonamides is 4. The summed E-state index contributed by atoms with van der Waals surface area (Å²) in [6.07, 6.45) is 33.1. The lowest BCUT2D eigenvalue weighted by molar-refractivity contribution is 0.0724. The summed E-state index contributed by atoms with van der Waals surface area (Å²) in [5, 5.41) is 122. The largest absolute Gasteiger partial charge is 0.394 e. The minimum absolute atomic E-state index is 0.0259. The summed E-state index contributed by atoms with van der Waals surface area (Å²) in [5.41, 5.74) is 8.90. The minimum Gasteiger partial charge on any atom is -0.394 e. The van der Waals surface area contributed by atoms with Crippen LogP contribution in [0.2, 0.25) is 0 Å². The van der Waals surface area contributed by atoms with Crippen molar-refractivity contribution in [2.24, 2.45) is 0 Å². The lowest BCUT2D eigenvalue weighted by Gasteiger charge is -2.47. The summed E-state index contributed by atoms with van der Waals surface area (Å²) in [5.74, 6) is 1.59. The van der Waals surface area contributed by atoms with E-state index in [0.29, 0.717) is 71.0 Å². The Morgan fingerprint density at radius 2 is 0.614 bits per heavy atom. The second-order valence-electron chi connectivity index (χ2n) is 35.0. The van der Waals surface area contributed by atoms with Gasteiger partial charge in [-0.15, -0.1) is 45.3 Å². The number of thiophene rings is 4. The number of aliphatic hydroxyl groups is 3. The number of hydrogen-bond donors (Lipinski definition) is 7. The Bertz CT molecular complexity index is 7480. The molecule has 16 aromatic rings. The molecule has 4 saturated heterocycles. The molecule has 0 aromatic carbocycles. The van der Waals surface area contributed by atoms with E-state index >= 15 is 0 Å². The van der Waals surface area contributed by atoms with E-state index in [2.05, 4.69) is 120 Å². The SMILES string of the molecule is CC[C@H](C)n1cc(Nc2nc(-c3cnn(C4(CC#N)CN(S(C)(=O)=O)C4)c3)c3sccc3n2)cn1.C[C@@H](O)Cn1cc(Nc2nc(-c3cnn(C4(CC#N)CN(S(C)(=O)=O)C4)c3)c3sccc3n2)cn1.C[C@H](CO)n1cc(Nc2nc(-c3cnn(C4(CC#N)CN(S(C)(=O)=O)C4)c3)c3sccc3n2)cn1.C[C@H](O)Cn1cc(Nc2nc(-c3cnn(C4(CC#N)CN(S(C)(=O)=O)C4)c3)c3sccc3n2)cn1. The topological polar surface area (TPSA) is 599 Å². The molecule has 4 aliphatic heterocycles. The van der Waals surface area contributed by atoms with Gasteiger partial charge in [-0.05, 0) is 79.9 Å². The van der Waals surface area contributed by atoms with Gasteiger partial charge in [-0.1, -0.05) is 6.92 Å². The van der Waals surface area contributed by atoms with Crippen LogP contribution in [0.5, 0.6) is 0 Å². The second-order valence-corrected chi connectivity index (χ2v) is 46.6. The zero-order valence-corrected chi connectivity index (χ0v) is 83.2. The van der Waals surface area contributed by atoms with Crippen LogP contribution >= 0.6 is 45.3 Å². The van der Waals surface area contributed by atoms with E-state index in [-0.39, 0.29) is 96.7 Å². The first-order chi connectivity index (χ1) is 66.8. The maximum absolute atomic E-state index is 11.9. The highest BCUT2D eigenvalue weighted by atomic mass is 32.2. The van der Waals surface area contributed by atoms with Crippen molar-refractivity contribution in [1.82, 2.24) is 135 Å². The van der Waals surface area contributed by atoms with Gasteiger partial charge >= 0.3 is 0 Å². The van der Waals surface area contributed by atoms with Crippen LogP contribution < -0.4 is 21.3 Å². The predicted octanol–water partition coefficient (Wildman–Crippen LogP) is 8.80. The van der Waals surface area contributed by atoms with Crippen LogP contribution in [0.1, 0.15) is 78.8 Å². The first-order valence-electron chi connectivity index (χ1n) is 43.5. The van der Waals surface area contributed by atoms with E-state index in [1.54, 1.807) is 115 Å². The Labute approximate surface area is 818 Å². The number of fused-ring (bicyclic) bond motifs is 4. The highest BCUT2D eigenvalue weighted by Crippen LogP contribution is 2.44. The van der Waals surface area contributed by atoms with Crippen molar-refractivity contribution in [2.75, 3.05) is 105 Å².